The molecule has 1 fully saturated rings. The number of rotatable bonds is 4. The highest BCUT2D eigenvalue weighted by atomic mass is 35.5. The zero-order valence-corrected chi connectivity index (χ0v) is 14.3. The van der Waals surface area contributed by atoms with Crippen LogP contribution in [0.4, 0.5) is 4.39 Å². The van der Waals surface area contributed by atoms with Crippen LogP contribution in [0.1, 0.15) is 18.9 Å². The van der Waals surface area contributed by atoms with Crippen molar-refractivity contribution in [1.29, 1.82) is 0 Å². The number of benzene rings is 2. The fourth-order valence-corrected chi connectivity index (χ4v) is 3.28. The number of carbonyl (C=O) groups excluding carboxylic acids is 1. The van der Waals surface area contributed by atoms with Gasteiger partial charge in [-0.15, -0.1) is 0 Å². The molecule has 130 valence electrons. The molecule has 0 spiro atoms. The number of hydrogen-bond donors (Lipinski definition) is 2. The lowest BCUT2D eigenvalue weighted by atomic mass is 9.86. The van der Waals surface area contributed by atoms with Gasteiger partial charge in [0.1, 0.15) is 11.2 Å². The predicted molar refractivity (Wildman–Crippen MR) is 92.8 cm³/mol. The molecular weight excluding hydrogens is 345 g/mol. The molecule has 1 amide bonds. The Bertz CT molecular complexity index is 837. The number of aliphatic carboxylic acids is 1. The quantitative estimate of drug-likeness (QED) is 0.816. The van der Waals surface area contributed by atoms with Gasteiger partial charge >= 0.3 is 5.97 Å². The third-order valence-corrected chi connectivity index (χ3v) is 4.87. The van der Waals surface area contributed by atoms with Crippen LogP contribution >= 0.6 is 11.6 Å². The topological polar surface area (TPSA) is 66.4 Å². The molecule has 1 aliphatic heterocycles. The molecule has 1 heterocycles. The molecule has 3 rings (SSSR count). The Labute approximate surface area is 149 Å². The molecular formula is C19H17ClFNO3. The van der Waals surface area contributed by atoms with Crippen molar-refractivity contribution in [3.05, 3.63) is 58.9 Å². The van der Waals surface area contributed by atoms with Gasteiger partial charge in [-0.05, 0) is 49.1 Å². The Kier molecular flexibility index (Phi) is 4.52. The van der Waals surface area contributed by atoms with Gasteiger partial charge in [0.25, 0.3) is 0 Å². The maximum atomic E-state index is 13.9. The standard InChI is InChI=1S/C19H17ClFNO3/c1-19(18(24)25)10-14(22-17(19)23)8-11-2-4-12(5-3-11)15-9-13(20)6-7-16(15)21/h2-7,9,14H,8,10H2,1H3,(H,22,23)(H,24,25)/t14?,19-/m1/s1. The molecule has 25 heavy (non-hydrogen) atoms. The van der Waals surface area contributed by atoms with Gasteiger partial charge < -0.3 is 10.4 Å². The first kappa shape index (κ1) is 17.4. The summed E-state index contributed by atoms with van der Waals surface area (Å²) in [5, 5.41) is 12.4. The number of halogens is 2. The number of hydrogen-bond acceptors (Lipinski definition) is 2. The van der Waals surface area contributed by atoms with Gasteiger partial charge in [0.2, 0.25) is 5.91 Å². The Hall–Kier alpha value is -2.40. The first-order valence-electron chi connectivity index (χ1n) is 7.88. The lowest BCUT2D eigenvalue weighted by Crippen LogP contribution is -2.36. The summed E-state index contributed by atoms with van der Waals surface area (Å²) in [7, 11) is 0. The molecule has 0 bridgehead atoms. The van der Waals surface area contributed by atoms with Crippen LogP contribution in [0.3, 0.4) is 0 Å². The van der Waals surface area contributed by atoms with Crippen molar-refractivity contribution in [2.24, 2.45) is 5.41 Å². The molecule has 0 aromatic heterocycles. The van der Waals surface area contributed by atoms with E-state index in [4.69, 9.17) is 11.6 Å². The van der Waals surface area contributed by atoms with Crippen LogP contribution in [0.15, 0.2) is 42.5 Å². The third-order valence-electron chi connectivity index (χ3n) is 4.64. The van der Waals surface area contributed by atoms with Crippen LogP contribution in [0, 0.1) is 11.2 Å². The molecule has 0 aliphatic carbocycles. The van der Waals surface area contributed by atoms with Crippen LogP contribution in [-0.4, -0.2) is 23.0 Å². The van der Waals surface area contributed by atoms with E-state index in [1.807, 2.05) is 12.1 Å². The van der Waals surface area contributed by atoms with E-state index in [2.05, 4.69) is 5.32 Å². The maximum Gasteiger partial charge on any atom is 0.318 e. The summed E-state index contributed by atoms with van der Waals surface area (Å²) in [5.74, 6) is -1.92. The van der Waals surface area contributed by atoms with Crippen molar-refractivity contribution in [3.63, 3.8) is 0 Å². The molecule has 4 nitrogen and oxygen atoms in total. The highest BCUT2D eigenvalue weighted by Gasteiger charge is 2.48. The van der Waals surface area contributed by atoms with Gasteiger partial charge in [0, 0.05) is 16.6 Å². The van der Waals surface area contributed by atoms with Crippen molar-refractivity contribution < 1.29 is 19.1 Å². The highest BCUT2D eigenvalue weighted by Crippen LogP contribution is 2.32. The molecule has 1 unspecified atom stereocenters. The SMILES string of the molecule is C[C@@]1(C(=O)O)CC(Cc2ccc(-c3cc(Cl)ccc3F)cc2)NC1=O. The zero-order chi connectivity index (χ0) is 18.2. The molecule has 2 aromatic carbocycles. The summed E-state index contributed by atoms with van der Waals surface area (Å²) in [6, 6.07) is 11.4. The van der Waals surface area contributed by atoms with Gasteiger partial charge in [-0.2, -0.15) is 0 Å². The average molecular weight is 362 g/mol. The van der Waals surface area contributed by atoms with Crippen LogP contribution in [-0.2, 0) is 16.0 Å². The van der Waals surface area contributed by atoms with E-state index in [1.54, 1.807) is 18.2 Å². The van der Waals surface area contributed by atoms with E-state index in [0.717, 1.165) is 5.56 Å². The highest BCUT2D eigenvalue weighted by molar-refractivity contribution is 6.30. The van der Waals surface area contributed by atoms with Crippen molar-refractivity contribution in [3.8, 4) is 11.1 Å². The smallest absolute Gasteiger partial charge is 0.318 e. The number of carboxylic acids is 1. The number of amides is 1. The first-order chi connectivity index (χ1) is 11.8. The van der Waals surface area contributed by atoms with Gasteiger partial charge in [-0.3, -0.25) is 9.59 Å². The Morgan fingerprint density at radius 2 is 2.00 bits per heavy atom. The van der Waals surface area contributed by atoms with Gasteiger partial charge in [-0.1, -0.05) is 35.9 Å². The summed E-state index contributed by atoms with van der Waals surface area (Å²) >= 11 is 5.92. The van der Waals surface area contributed by atoms with E-state index in [0.29, 0.717) is 22.6 Å². The van der Waals surface area contributed by atoms with Crippen molar-refractivity contribution in [1.82, 2.24) is 5.32 Å². The lowest BCUT2D eigenvalue weighted by Gasteiger charge is -2.14. The number of carboxylic acid groups (broad SMARTS) is 1. The molecule has 0 saturated carbocycles. The molecule has 6 heteroatoms. The lowest BCUT2D eigenvalue weighted by molar-refractivity contribution is -0.152. The van der Waals surface area contributed by atoms with Crippen LogP contribution in [0.2, 0.25) is 5.02 Å². The fourth-order valence-electron chi connectivity index (χ4n) is 3.11. The van der Waals surface area contributed by atoms with E-state index < -0.39 is 17.3 Å². The zero-order valence-electron chi connectivity index (χ0n) is 13.6. The molecule has 2 N–H and O–H groups in total. The maximum absolute atomic E-state index is 13.9. The Morgan fingerprint density at radius 3 is 2.60 bits per heavy atom. The molecule has 0 radical (unpaired) electrons. The Morgan fingerprint density at radius 1 is 1.32 bits per heavy atom. The second-order valence-corrected chi connectivity index (χ2v) is 6.97. The summed E-state index contributed by atoms with van der Waals surface area (Å²) < 4.78 is 13.9. The normalized spacial score (nSPS) is 22.7. The third kappa shape index (κ3) is 3.37. The first-order valence-corrected chi connectivity index (χ1v) is 8.26. The van der Waals surface area contributed by atoms with Gasteiger partial charge in [-0.25, -0.2) is 4.39 Å². The second kappa shape index (κ2) is 6.48. The number of nitrogens with one attached hydrogen (secondary N) is 1. The monoisotopic (exact) mass is 361 g/mol. The molecule has 1 saturated heterocycles. The summed E-state index contributed by atoms with van der Waals surface area (Å²) in [6.45, 7) is 1.44. The van der Waals surface area contributed by atoms with E-state index in [-0.39, 0.29) is 18.3 Å². The van der Waals surface area contributed by atoms with Crippen molar-refractivity contribution >= 4 is 23.5 Å². The molecule has 1 aliphatic rings. The number of carbonyl (C=O) groups is 2. The van der Waals surface area contributed by atoms with Crippen LogP contribution in [0.5, 0.6) is 0 Å². The molecule has 2 atom stereocenters. The van der Waals surface area contributed by atoms with E-state index in [9.17, 15) is 19.1 Å². The minimum atomic E-state index is -1.38. The Balaban J connectivity index is 1.75. The summed E-state index contributed by atoms with van der Waals surface area (Å²) in [4.78, 5) is 23.2. The average Bonchev–Trinajstić information content (AvgIpc) is 2.86. The van der Waals surface area contributed by atoms with Crippen LogP contribution < -0.4 is 5.32 Å². The second-order valence-electron chi connectivity index (χ2n) is 6.54. The van der Waals surface area contributed by atoms with Crippen molar-refractivity contribution in [2.45, 2.75) is 25.8 Å². The minimum Gasteiger partial charge on any atom is -0.480 e. The molecule has 2 aromatic rings. The summed E-state index contributed by atoms with van der Waals surface area (Å²) in [5.41, 5.74) is 0.682. The van der Waals surface area contributed by atoms with Crippen molar-refractivity contribution in [2.75, 3.05) is 0 Å². The predicted octanol–water partition coefficient (Wildman–Crippen LogP) is 3.67. The van der Waals surface area contributed by atoms with E-state index in [1.165, 1.54) is 19.1 Å². The summed E-state index contributed by atoms with van der Waals surface area (Å²) in [6.07, 6.45) is 0.763. The van der Waals surface area contributed by atoms with Gasteiger partial charge in [0.15, 0.2) is 0 Å². The largest absolute Gasteiger partial charge is 0.480 e. The van der Waals surface area contributed by atoms with Gasteiger partial charge in [0.05, 0.1) is 0 Å². The van der Waals surface area contributed by atoms with Crippen LogP contribution in [0.25, 0.3) is 11.1 Å². The van der Waals surface area contributed by atoms with E-state index >= 15 is 0 Å². The minimum absolute atomic E-state index is 0.234. The fraction of sp³-hybridized carbons (Fsp3) is 0.263.